The molecule has 1 aromatic rings. The van der Waals surface area contributed by atoms with Crippen LogP contribution in [0.1, 0.15) is 38.2 Å². The van der Waals surface area contributed by atoms with Crippen molar-refractivity contribution in [3.63, 3.8) is 0 Å². The van der Waals surface area contributed by atoms with Crippen molar-refractivity contribution < 1.29 is 4.74 Å². The number of ether oxygens (including phenoxy) is 1. The van der Waals surface area contributed by atoms with Crippen molar-refractivity contribution in [2.24, 2.45) is 5.73 Å². The highest BCUT2D eigenvalue weighted by Gasteiger charge is 2.20. The van der Waals surface area contributed by atoms with E-state index in [-0.39, 0.29) is 18.2 Å². The summed E-state index contributed by atoms with van der Waals surface area (Å²) in [6.45, 7) is 6.12. The maximum Gasteiger partial charge on any atom is 0.107 e. The molecule has 0 fully saturated rings. The van der Waals surface area contributed by atoms with Crippen LogP contribution in [-0.2, 0) is 4.74 Å². The van der Waals surface area contributed by atoms with Gasteiger partial charge in [-0.3, -0.25) is 0 Å². The average molecular weight is 248 g/mol. The molecule has 0 amide bonds. The van der Waals surface area contributed by atoms with E-state index in [2.05, 4.69) is 13.8 Å². The van der Waals surface area contributed by atoms with Crippen LogP contribution in [0.3, 0.4) is 0 Å². The summed E-state index contributed by atoms with van der Waals surface area (Å²) in [5.41, 5.74) is 5.92. The lowest BCUT2D eigenvalue weighted by Crippen LogP contribution is -2.28. The highest BCUT2D eigenvalue weighted by Crippen LogP contribution is 2.31. The molecule has 0 aliphatic carbocycles. The largest absolute Gasteiger partial charge is 0.368 e. The molecule has 1 aromatic heterocycles. The van der Waals surface area contributed by atoms with Gasteiger partial charge in [0, 0.05) is 10.9 Å². The quantitative estimate of drug-likeness (QED) is 0.863. The van der Waals surface area contributed by atoms with Gasteiger partial charge >= 0.3 is 0 Å². The van der Waals surface area contributed by atoms with E-state index < -0.39 is 0 Å². The van der Waals surface area contributed by atoms with Crippen LogP contribution in [0.25, 0.3) is 0 Å². The standard InChI is InChI=1S/C11H18ClNOS/c1-4-7(2)14-11(8(3)13)9-5-6-10(12)15-9/h5-8,11H,4,13H2,1-3H3. The number of nitrogens with two attached hydrogens (primary N) is 1. The van der Waals surface area contributed by atoms with Crippen LogP contribution >= 0.6 is 22.9 Å². The topological polar surface area (TPSA) is 35.2 Å². The molecule has 2 nitrogen and oxygen atoms in total. The normalized spacial score (nSPS) is 17.4. The van der Waals surface area contributed by atoms with E-state index >= 15 is 0 Å². The molecule has 3 unspecified atom stereocenters. The number of rotatable bonds is 5. The first-order chi connectivity index (χ1) is 7.04. The van der Waals surface area contributed by atoms with Gasteiger partial charge in [0.05, 0.1) is 10.4 Å². The van der Waals surface area contributed by atoms with Crippen molar-refractivity contribution >= 4 is 22.9 Å². The minimum absolute atomic E-state index is 0.0197. The molecular weight excluding hydrogens is 230 g/mol. The molecule has 0 aromatic carbocycles. The Bertz CT molecular complexity index is 301. The summed E-state index contributed by atoms with van der Waals surface area (Å²) in [6, 6.07) is 3.86. The van der Waals surface area contributed by atoms with E-state index in [4.69, 9.17) is 22.1 Å². The lowest BCUT2D eigenvalue weighted by atomic mass is 10.1. The van der Waals surface area contributed by atoms with E-state index in [0.717, 1.165) is 15.6 Å². The lowest BCUT2D eigenvalue weighted by molar-refractivity contribution is -0.0141. The molecule has 1 heterocycles. The Labute approximate surface area is 100 Å². The van der Waals surface area contributed by atoms with E-state index in [1.165, 1.54) is 11.3 Å². The van der Waals surface area contributed by atoms with Crippen LogP contribution in [0, 0.1) is 0 Å². The highest BCUT2D eigenvalue weighted by atomic mass is 35.5. The number of hydrogen-bond acceptors (Lipinski definition) is 3. The molecule has 86 valence electrons. The summed E-state index contributed by atoms with van der Waals surface area (Å²) in [6.07, 6.45) is 1.17. The van der Waals surface area contributed by atoms with Gasteiger partial charge in [0.15, 0.2) is 0 Å². The second kappa shape index (κ2) is 5.85. The van der Waals surface area contributed by atoms with Crippen LogP contribution in [0.4, 0.5) is 0 Å². The van der Waals surface area contributed by atoms with Crippen LogP contribution in [0.2, 0.25) is 4.34 Å². The number of thiophene rings is 1. The lowest BCUT2D eigenvalue weighted by Gasteiger charge is -2.23. The summed E-state index contributed by atoms with van der Waals surface area (Å²) < 4.78 is 6.67. The fraction of sp³-hybridized carbons (Fsp3) is 0.636. The molecule has 4 heteroatoms. The molecule has 0 aliphatic rings. The molecule has 15 heavy (non-hydrogen) atoms. The van der Waals surface area contributed by atoms with Gasteiger partial charge in [-0.1, -0.05) is 18.5 Å². The molecule has 0 bridgehead atoms. The molecule has 1 rings (SSSR count). The molecule has 3 atom stereocenters. The van der Waals surface area contributed by atoms with Gasteiger partial charge in [-0.15, -0.1) is 11.3 Å². The van der Waals surface area contributed by atoms with Crippen molar-refractivity contribution in [2.75, 3.05) is 0 Å². The zero-order valence-electron chi connectivity index (χ0n) is 9.37. The summed E-state index contributed by atoms with van der Waals surface area (Å²) >= 11 is 7.44. The third-order valence-electron chi connectivity index (χ3n) is 2.31. The number of hydrogen-bond donors (Lipinski definition) is 1. The summed E-state index contributed by atoms with van der Waals surface area (Å²) in [5.74, 6) is 0. The maximum atomic E-state index is 5.92. The maximum absolute atomic E-state index is 5.92. The molecular formula is C11H18ClNOS. The monoisotopic (exact) mass is 247 g/mol. The Kier molecular flexibility index (Phi) is 5.06. The SMILES string of the molecule is CCC(C)OC(c1ccc(Cl)s1)C(C)N. The molecule has 0 saturated carbocycles. The molecule has 0 aliphatic heterocycles. The minimum Gasteiger partial charge on any atom is -0.368 e. The molecule has 0 spiro atoms. The van der Waals surface area contributed by atoms with E-state index in [0.29, 0.717) is 0 Å². The molecule has 0 saturated heterocycles. The summed E-state index contributed by atoms with van der Waals surface area (Å²) in [7, 11) is 0. The van der Waals surface area contributed by atoms with Crippen molar-refractivity contribution in [1.82, 2.24) is 0 Å². The van der Waals surface area contributed by atoms with Gasteiger partial charge in [0.2, 0.25) is 0 Å². The Morgan fingerprint density at radius 1 is 1.47 bits per heavy atom. The zero-order chi connectivity index (χ0) is 11.4. The highest BCUT2D eigenvalue weighted by molar-refractivity contribution is 7.16. The van der Waals surface area contributed by atoms with Crippen LogP contribution in [-0.4, -0.2) is 12.1 Å². The van der Waals surface area contributed by atoms with Crippen molar-refractivity contribution in [3.05, 3.63) is 21.3 Å². The zero-order valence-corrected chi connectivity index (χ0v) is 10.9. The van der Waals surface area contributed by atoms with E-state index in [1.54, 1.807) is 0 Å². The summed E-state index contributed by atoms with van der Waals surface area (Å²) in [4.78, 5) is 1.11. The van der Waals surface area contributed by atoms with Gasteiger partial charge in [-0.2, -0.15) is 0 Å². The Morgan fingerprint density at radius 2 is 2.13 bits per heavy atom. The van der Waals surface area contributed by atoms with Crippen molar-refractivity contribution in [1.29, 1.82) is 0 Å². The Morgan fingerprint density at radius 3 is 2.53 bits per heavy atom. The predicted octanol–water partition coefficient (Wildman–Crippen LogP) is 3.60. The Hall–Kier alpha value is -0.0900. The average Bonchev–Trinajstić information content (AvgIpc) is 2.60. The Balaban J connectivity index is 2.74. The second-order valence-electron chi connectivity index (χ2n) is 3.78. The first kappa shape index (κ1) is 13.0. The first-order valence-electron chi connectivity index (χ1n) is 5.20. The van der Waals surface area contributed by atoms with Gasteiger partial charge in [0.1, 0.15) is 6.10 Å². The van der Waals surface area contributed by atoms with Gasteiger partial charge in [0.25, 0.3) is 0 Å². The van der Waals surface area contributed by atoms with Crippen LogP contribution in [0.5, 0.6) is 0 Å². The van der Waals surface area contributed by atoms with E-state index in [9.17, 15) is 0 Å². The fourth-order valence-corrected chi connectivity index (χ4v) is 2.49. The first-order valence-corrected chi connectivity index (χ1v) is 6.40. The molecule has 2 N–H and O–H groups in total. The van der Waals surface area contributed by atoms with Gasteiger partial charge in [-0.05, 0) is 32.4 Å². The third kappa shape index (κ3) is 3.76. The fourth-order valence-electron chi connectivity index (χ4n) is 1.28. The van der Waals surface area contributed by atoms with Crippen molar-refractivity contribution in [2.45, 2.75) is 45.4 Å². The van der Waals surface area contributed by atoms with Gasteiger partial charge in [-0.25, -0.2) is 0 Å². The molecule has 0 radical (unpaired) electrons. The third-order valence-corrected chi connectivity index (χ3v) is 3.60. The summed E-state index contributed by atoms with van der Waals surface area (Å²) in [5, 5.41) is 0. The van der Waals surface area contributed by atoms with Crippen LogP contribution in [0.15, 0.2) is 12.1 Å². The van der Waals surface area contributed by atoms with Crippen molar-refractivity contribution in [3.8, 4) is 0 Å². The number of halogens is 1. The van der Waals surface area contributed by atoms with E-state index in [1.807, 2.05) is 19.1 Å². The second-order valence-corrected chi connectivity index (χ2v) is 5.52. The smallest absolute Gasteiger partial charge is 0.107 e. The van der Waals surface area contributed by atoms with Gasteiger partial charge < -0.3 is 10.5 Å². The minimum atomic E-state index is -0.0440. The predicted molar refractivity (Wildman–Crippen MR) is 66.6 cm³/mol. The van der Waals surface area contributed by atoms with Crippen LogP contribution < -0.4 is 5.73 Å².